The fourth-order valence-corrected chi connectivity index (χ4v) is 0.965. The summed E-state index contributed by atoms with van der Waals surface area (Å²) in [5.74, 6) is -2.35. The lowest BCUT2D eigenvalue weighted by molar-refractivity contribution is 0.0599. The molecule has 0 unspecified atom stereocenters. The van der Waals surface area contributed by atoms with E-state index in [0.717, 1.165) is 6.07 Å². The van der Waals surface area contributed by atoms with Crippen LogP contribution in [0.5, 0.6) is 11.5 Å². The third-order valence-electron chi connectivity index (χ3n) is 1.67. The molecular formula is C9H9FO4. The van der Waals surface area contributed by atoms with Crippen molar-refractivity contribution in [3.63, 3.8) is 0 Å². The van der Waals surface area contributed by atoms with E-state index in [0.29, 0.717) is 0 Å². The molecule has 14 heavy (non-hydrogen) atoms. The van der Waals surface area contributed by atoms with Crippen LogP contribution in [0, 0.1) is 5.82 Å². The summed E-state index contributed by atoms with van der Waals surface area (Å²) in [5.41, 5.74) is -0.0142. The number of hydrogen-bond acceptors (Lipinski definition) is 4. The third kappa shape index (κ3) is 1.76. The van der Waals surface area contributed by atoms with Crippen LogP contribution in [0.4, 0.5) is 4.39 Å². The van der Waals surface area contributed by atoms with Gasteiger partial charge in [0.1, 0.15) is 0 Å². The molecule has 0 bridgehead atoms. The molecule has 1 aromatic carbocycles. The van der Waals surface area contributed by atoms with E-state index in [9.17, 15) is 9.18 Å². The molecule has 0 aliphatic carbocycles. The van der Waals surface area contributed by atoms with Crippen LogP contribution >= 0.6 is 0 Å². The van der Waals surface area contributed by atoms with E-state index in [1.807, 2.05) is 0 Å². The van der Waals surface area contributed by atoms with Gasteiger partial charge in [-0.2, -0.15) is 0 Å². The van der Waals surface area contributed by atoms with Crippen LogP contribution in [0.25, 0.3) is 0 Å². The second-order valence-corrected chi connectivity index (χ2v) is 2.50. The zero-order chi connectivity index (χ0) is 10.7. The maximum Gasteiger partial charge on any atom is 0.338 e. The van der Waals surface area contributed by atoms with Gasteiger partial charge in [-0.05, 0) is 12.1 Å². The largest absolute Gasteiger partial charge is 0.502 e. The average molecular weight is 200 g/mol. The van der Waals surface area contributed by atoms with Gasteiger partial charge in [0.15, 0.2) is 17.3 Å². The van der Waals surface area contributed by atoms with Gasteiger partial charge in [-0.1, -0.05) is 0 Å². The first kappa shape index (κ1) is 10.3. The van der Waals surface area contributed by atoms with Gasteiger partial charge in [0.2, 0.25) is 0 Å². The Morgan fingerprint density at radius 3 is 2.57 bits per heavy atom. The SMILES string of the molecule is COC(=O)c1cc(F)c(O)c(OC)c1. The van der Waals surface area contributed by atoms with Crippen molar-refractivity contribution in [3.8, 4) is 11.5 Å². The zero-order valence-electron chi connectivity index (χ0n) is 7.70. The van der Waals surface area contributed by atoms with Gasteiger partial charge in [-0.3, -0.25) is 0 Å². The highest BCUT2D eigenvalue weighted by Crippen LogP contribution is 2.30. The van der Waals surface area contributed by atoms with Crippen molar-refractivity contribution in [3.05, 3.63) is 23.5 Å². The molecule has 0 atom stereocenters. The van der Waals surface area contributed by atoms with Gasteiger partial charge in [0, 0.05) is 0 Å². The van der Waals surface area contributed by atoms with Crippen molar-refractivity contribution in [1.29, 1.82) is 0 Å². The first-order valence-corrected chi connectivity index (χ1v) is 3.75. The number of phenols is 1. The molecule has 0 saturated carbocycles. The second kappa shape index (κ2) is 3.95. The lowest BCUT2D eigenvalue weighted by Crippen LogP contribution is -2.02. The Morgan fingerprint density at radius 1 is 1.43 bits per heavy atom. The van der Waals surface area contributed by atoms with E-state index in [4.69, 9.17) is 5.11 Å². The molecule has 0 amide bonds. The summed E-state index contributed by atoms with van der Waals surface area (Å²) >= 11 is 0. The van der Waals surface area contributed by atoms with Gasteiger partial charge in [0.25, 0.3) is 0 Å². The van der Waals surface area contributed by atoms with Crippen LogP contribution in [0.3, 0.4) is 0 Å². The molecule has 0 aromatic heterocycles. The number of esters is 1. The predicted molar refractivity (Wildman–Crippen MR) is 46.0 cm³/mol. The van der Waals surface area contributed by atoms with Gasteiger partial charge < -0.3 is 14.6 Å². The topological polar surface area (TPSA) is 55.8 Å². The zero-order valence-corrected chi connectivity index (χ0v) is 7.70. The van der Waals surface area contributed by atoms with Crippen LogP contribution in [0.15, 0.2) is 12.1 Å². The van der Waals surface area contributed by atoms with Crippen molar-refractivity contribution in [1.82, 2.24) is 0 Å². The van der Waals surface area contributed by atoms with E-state index in [1.54, 1.807) is 0 Å². The molecule has 0 aliphatic heterocycles. The predicted octanol–water partition coefficient (Wildman–Crippen LogP) is 1.33. The van der Waals surface area contributed by atoms with Crippen molar-refractivity contribution < 1.29 is 23.8 Å². The molecule has 0 aliphatic rings. The van der Waals surface area contributed by atoms with E-state index in [-0.39, 0.29) is 11.3 Å². The van der Waals surface area contributed by atoms with Crippen molar-refractivity contribution in [2.24, 2.45) is 0 Å². The smallest absolute Gasteiger partial charge is 0.338 e. The van der Waals surface area contributed by atoms with Gasteiger partial charge in [-0.15, -0.1) is 0 Å². The van der Waals surface area contributed by atoms with Gasteiger partial charge in [0.05, 0.1) is 19.8 Å². The van der Waals surface area contributed by atoms with Gasteiger partial charge in [-0.25, -0.2) is 9.18 Å². The molecule has 0 spiro atoms. The molecule has 0 fully saturated rings. The summed E-state index contributed by atoms with van der Waals surface area (Å²) in [6.07, 6.45) is 0. The van der Waals surface area contributed by atoms with E-state index >= 15 is 0 Å². The minimum atomic E-state index is -0.926. The number of hydrogen-bond donors (Lipinski definition) is 1. The number of methoxy groups -OCH3 is 2. The monoisotopic (exact) mass is 200 g/mol. The number of carbonyl (C=O) groups excluding carboxylic acids is 1. The Balaban J connectivity index is 3.22. The number of phenolic OH excluding ortho intramolecular Hbond substituents is 1. The van der Waals surface area contributed by atoms with Gasteiger partial charge >= 0.3 is 5.97 Å². The van der Waals surface area contributed by atoms with Crippen LogP contribution in [-0.2, 0) is 4.74 Å². The Labute approximate surface area is 79.9 Å². The average Bonchev–Trinajstić information content (AvgIpc) is 2.20. The molecular weight excluding hydrogens is 191 g/mol. The van der Waals surface area contributed by atoms with Crippen molar-refractivity contribution in [2.75, 3.05) is 14.2 Å². The molecule has 1 aromatic rings. The number of carbonyl (C=O) groups is 1. The maximum absolute atomic E-state index is 13.0. The number of rotatable bonds is 2. The highest BCUT2D eigenvalue weighted by molar-refractivity contribution is 5.90. The van der Waals surface area contributed by atoms with E-state index in [2.05, 4.69) is 9.47 Å². The lowest BCUT2D eigenvalue weighted by atomic mass is 10.2. The van der Waals surface area contributed by atoms with Crippen molar-refractivity contribution in [2.45, 2.75) is 0 Å². The number of aromatic hydroxyl groups is 1. The Hall–Kier alpha value is -1.78. The molecule has 0 heterocycles. The Bertz CT molecular complexity index is 362. The Morgan fingerprint density at radius 2 is 2.07 bits per heavy atom. The summed E-state index contributed by atoms with van der Waals surface area (Å²) < 4.78 is 22.0. The summed E-state index contributed by atoms with van der Waals surface area (Å²) in [6.45, 7) is 0. The summed E-state index contributed by atoms with van der Waals surface area (Å²) in [4.78, 5) is 11.0. The molecule has 0 saturated heterocycles. The third-order valence-corrected chi connectivity index (χ3v) is 1.67. The fourth-order valence-electron chi connectivity index (χ4n) is 0.965. The van der Waals surface area contributed by atoms with Crippen LogP contribution < -0.4 is 4.74 Å². The minimum absolute atomic E-state index is 0.0142. The molecule has 0 radical (unpaired) electrons. The first-order chi connectivity index (χ1) is 6.60. The molecule has 1 N–H and O–H groups in total. The van der Waals surface area contributed by atoms with E-state index in [1.165, 1.54) is 20.3 Å². The normalized spacial score (nSPS) is 9.64. The molecule has 1 rings (SSSR count). The van der Waals surface area contributed by atoms with E-state index < -0.39 is 17.5 Å². The fraction of sp³-hybridized carbons (Fsp3) is 0.222. The molecule has 76 valence electrons. The van der Waals surface area contributed by atoms with Crippen LogP contribution in [0.1, 0.15) is 10.4 Å². The quantitative estimate of drug-likeness (QED) is 0.731. The highest BCUT2D eigenvalue weighted by atomic mass is 19.1. The minimum Gasteiger partial charge on any atom is -0.502 e. The number of ether oxygens (including phenoxy) is 2. The second-order valence-electron chi connectivity index (χ2n) is 2.50. The summed E-state index contributed by atoms with van der Waals surface area (Å²) in [5, 5.41) is 9.12. The molecule has 5 heteroatoms. The standard InChI is InChI=1S/C9H9FO4/c1-13-7-4-5(9(12)14-2)3-6(10)8(7)11/h3-4,11H,1-2H3. The number of benzene rings is 1. The van der Waals surface area contributed by atoms with Crippen LogP contribution in [0.2, 0.25) is 0 Å². The van der Waals surface area contributed by atoms with Crippen molar-refractivity contribution >= 4 is 5.97 Å². The molecule has 4 nitrogen and oxygen atoms in total. The summed E-state index contributed by atoms with van der Waals surface area (Å²) in [6, 6.07) is 2.08. The number of halogens is 1. The lowest BCUT2D eigenvalue weighted by Gasteiger charge is -2.06. The maximum atomic E-state index is 13.0. The highest BCUT2D eigenvalue weighted by Gasteiger charge is 2.14. The first-order valence-electron chi connectivity index (χ1n) is 3.75. The van der Waals surface area contributed by atoms with Crippen LogP contribution in [-0.4, -0.2) is 25.3 Å². The Kier molecular flexibility index (Phi) is 2.91. The summed E-state index contributed by atoms with van der Waals surface area (Å²) in [7, 11) is 2.44.